The van der Waals surface area contributed by atoms with E-state index in [1.165, 1.54) is 0 Å². The molecule has 0 bridgehead atoms. The predicted octanol–water partition coefficient (Wildman–Crippen LogP) is 2.81. The molecule has 8 nitrogen and oxygen atoms in total. The van der Waals surface area contributed by atoms with E-state index in [1.54, 1.807) is 9.25 Å². The highest BCUT2D eigenvalue weighted by Crippen LogP contribution is 2.33. The Morgan fingerprint density at radius 1 is 0.941 bits per heavy atom. The minimum atomic E-state index is 0.0118. The topological polar surface area (TPSA) is 77.1 Å². The minimum absolute atomic E-state index is 0.0118. The summed E-state index contributed by atoms with van der Waals surface area (Å²) < 4.78 is 5.36. The van der Waals surface area contributed by atoms with Crippen molar-refractivity contribution >= 4 is 16.9 Å². The van der Waals surface area contributed by atoms with Crippen LogP contribution in [-0.2, 0) is 24.4 Å². The molecular formula is C26H30N6O2. The van der Waals surface area contributed by atoms with E-state index in [4.69, 9.17) is 5.10 Å². The number of nitrogens with one attached hydrogen (secondary N) is 1. The van der Waals surface area contributed by atoms with Crippen molar-refractivity contribution in [1.82, 2.24) is 29.1 Å². The van der Waals surface area contributed by atoms with Crippen molar-refractivity contribution in [3.05, 3.63) is 65.2 Å². The summed E-state index contributed by atoms with van der Waals surface area (Å²) in [7, 11) is 0. The molecule has 0 aliphatic carbocycles. The van der Waals surface area contributed by atoms with Crippen molar-refractivity contribution in [3.63, 3.8) is 0 Å². The molecule has 8 heteroatoms. The van der Waals surface area contributed by atoms with Crippen molar-refractivity contribution in [2.75, 3.05) is 26.2 Å². The normalized spacial score (nSPS) is 14.1. The second-order valence-electron chi connectivity index (χ2n) is 8.56. The monoisotopic (exact) mass is 458 g/mol. The lowest BCUT2D eigenvalue weighted by molar-refractivity contribution is -0.132. The van der Waals surface area contributed by atoms with Crippen LogP contribution in [0.2, 0.25) is 0 Å². The fourth-order valence-corrected chi connectivity index (χ4v) is 4.77. The summed E-state index contributed by atoms with van der Waals surface area (Å²) in [6.45, 7) is 8.50. The third-order valence-electron chi connectivity index (χ3n) is 6.54. The Kier molecular flexibility index (Phi) is 6.06. The van der Waals surface area contributed by atoms with Crippen LogP contribution in [0.5, 0.6) is 0 Å². The lowest BCUT2D eigenvalue weighted by Crippen LogP contribution is -2.47. The van der Waals surface area contributed by atoms with E-state index in [0.29, 0.717) is 13.1 Å². The maximum absolute atomic E-state index is 12.9. The first-order valence-corrected chi connectivity index (χ1v) is 12.0. The van der Waals surface area contributed by atoms with Gasteiger partial charge in [-0.25, -0.2) is 4.79 Å². The molecule has 2 aromatic carbocycles. The van der Waals surface area contributed by atoms with Gasteiger partial charge in [-0.3, -0.25) is 18.6 Å². The molecule has 0 atom stereocenters. The number of rotatable bonds is 6. The average molecular weight is 459 g/mol. The third kappa shape index (κ3) is 3.94. The molecule has 176 valence electrons. The number of fused-ring (bicyclic) bond motifs is 1. The zero-order chi connectivity index (χ0) is 23.7. The van der Waals surface area contributed by atoms with Crippen LogP contribution in [0.25, 0.3) is 33.4 Å². The van der Waals surface area contributed by atoms with Gasteiger partial charge in [0.15, 0.2) is 0 Å². The van der Waals surface area contributed by atoms with Crippen LogP contribution in [0.3, 0.4) is 0 Å². The molecule has 1 aliphatic rings. The Balaban J connectivity index is 1.59. The molecule has 5 rings (SSSR count). The van der Waals surface area contributed by atoms with E-state index in [-0.39, 0.29) is 18.1 Å². The van der Waals surface area contributed by atoms with Crippen LogP contribution in [0.4, 0.5) is 0 Å². The number of aryl methyl sites for hydroxylation is 2. The quantitative estimate of drug-likeness (QED) is 0.482. The van der Waals surface area contributed by atoms with Crippen molar-refractivity contribution in [3.8, 4) is 22.4 Å². The van der Waals surface area contributed by atoms with Gasteiger partial charge in [0.2, 0.25) is 5.91 Å². The Labute approximate surface area is 198 Å². The maximum atomic E-state index is 12.9. The van der Waals surface area contributed by atoms with Crippen LogP contribution in [0, 0.1) is 0 Å². The summed E-state index contributed by atoms with van der Waals surface area (Å²) >= 11 is 0. The largest absolute Gasteiger partial charge is 0.339 e. The Hall–Kier alpha value is -3.65. The molecule has 3 heterocycles. The standard InChI is InChI=1S/C26H30N6O2/c1-3-31-22-11-10-20(16-23(22)32(4-2)26(31)34)21-17-30(18-24(33)29-14-12-27-13-15-29)28-25(21)19-8-6-5-7-9-19/h5-11,16-17,27H,3-4,12-15,18H2,1-2H3. The van der Waals surface area contributed by atoms with Crippen molar-refractivity contribution in [2.24, 2.45) is 0 Å². The molecular weight excluding hydrogens is 428 g/mol. The van der Waals surface area contributed by atoms with Crippen LogP contribution < -0.4 is 11.0 Å². The number of amides is 1. The molecule has 0 saturated carbocycles. The van der Waals surface area contributed by atoms with Crippen LogP contribution >= 0.6 is 0 Å². The first-order chi connectivity index (χ1) is 16.6. The van der Waals surface area contributed by atoms with Gasteiger partial charge >= 0.3 is 5.69 Å². The molecule has 1 aliphatic heterocycles. The van der Waals surface area contributed by atoms with Crippen molar-refractivity contribution in [1.29, 1.82) is 0 Å². The highest BCUT2D eigenvalue weighted by atomic mass is 16.2. The van der Waals surface area contributed by atoms with Gasteiger partial charge in [0, 0.05) is 56.6 Å². The van der Waals surface area contributed by atoms with Gasteiger partial charge in [-0.05, 0) is 31.5 Å². The Morgan fingerprint density at radius 3 is 2.35 bits per heavy atom. The molecule has 0 radical (unpaired) electrons. The van der Waals surface area contributed by atoms with Gasteiger partial charge < -0.3 is 10.2 Å². The lowest BCUT2D eigenvalue weighted by atomic mass is 10.0. The van der Waals surface area contributed by atoms with E-state index in [1.807, 2.05) is 72.0 Å². The molecule has 2 aromatic heterocycles. The van der Waals surface area contributed by atoms with E-state index >= 15 is 0 Å². The van der Waals surface area contributed by atoms with Gasteiger partial charge in [0.1, 0.15) is 12.2 Å². The zero-order valence-corrected chi connectivity index (χ0v) is 19.7. The fraction of sp³-hybridized carbons (Fsp3) is 0.346. The molecule has 1 amide bonds. The number of hydrogen-bond donors (Lipinski definition) is 1. The highest BCUT2D eigenvalue weighted by molar-refractivity contribution is 5.87. The molecule has 0 spiro atoms. The Morgan fingerprint density at radius 2 is 1.65 bits per heavy atom. The third-order valence-corrected chi connectivity index (χ3v) is 6.54. The maximum Gasteiger partial charge on any atom is 0.329 e. The first kappa shape index (κ1) is 22.2. The predicted molar refractivity (Wildman–Crippen MR) is 134 cm³/mol. The SMILES string of the molecule is CCn1c(=O)n(CC)c2cc(-c3cn(CC(=O)N4CCNCC4)nc3-c3ccccc3)ccc21. The summed E-state index contributed by atoms with van der Waals surface area (Å²) in [6, 6.07) is 16.1. The van der Waals surface area contributed by atoms with Crippen LogP contribution in [0.15, 0.2) is 59.5 Å². The summed E-state index contributed by atoms with van der Waals surface area (Å²) in [4.78, 5) is 27.6. The Bertz CT molecular complexity index is 1380. The first-order valence-electron chi connectivity index (χ1n) is 12.0. The minimum Gasteiger partial charge on any atom is -0.339 e. The van der Waals surface area contributed by atoms with Crippen molar-refractivity contribution < 1.29 is 4.79 Å². The zero-order valence-electron chi connectivity index (χ0n) is 19.7. The average Bonchev–Trinajstić information content (AvgIpc) is 3.42. The number of aromatic nitrogens is 4. The molecule has 34 heavy (non-hydrogen) atoms. The van der Waals surface area contributed by atoms with Gasteiger partial charge in [0.25, 0.3) is 0 Å². The molecule has 1 fully saturated rings. The second kappa shape index (κ2) is 9.30. The number of carbonyl (C=O) groups excluding carboxylic acids is 1. The lowest BCUT2D eigenvalue weighted by Gasteiger charge is -2.27. The summed E-state index contributed by atoms with van der Waals surface area (Å²) in [5.74, 6) is 0.0745. The summed E-state index contributed by atoms with van der Waals surface area (Å²) in [5.41, 5.74) is 5.59. The van der Waals surface area contributed by atoms with E-state index < -0.39 is 0 Å². The van der Waals surface area contributed by atoms with Gasteiger partial charge in [0.05, 0.1) is 11.0 Å². The van der Waals surface area contributed by atoms with E-state index in [0.717, 1.165) is 59.6 Å². The molecule has 4 aromatic rings. The number of piperazine rings is 1. The smallest absolute Gasteiger partial charge is 0.329 e. The number of hydrogen-bond acceptors (Lipinski definition) is 4. The number of benzene rings is 2. The van der Waals surface area contributed by atoms with E-state index in [9.17, 15) is 9.59 Å². The highest BCUT2D eigenvalue weighted by Gasteiger charge is 2.20. The molecule has 1 N–H and O–H groups in total. The van der Waals surface area contributed by atoms with Gasteiger partial charge in [-0.15, -0.1) is 0 Å². The molecule has 0 unspecified atom stereocenters. The van der Waals surface area contributed by atoms with Gasteiger partial charge in [-0.2, -0.15) is 5.10 Å². The van der Waals surface area contributed by atoms with Crippen molar-refractivity contribution in [2.45, 2.75) is 33.5 Å². The summed E-state index contributed by atoms with van der Waals surface area (Å²) in [5, 5.41) is 8.11. The number of imidazole rings is 1. The van der Waals surface area contributed by atoms with Gasteiger partial charge in [-0.1, -0.05) is 36.4 Å². The molecule has 1 saturated heterocycles. The van der Waals surface area contributed by atoms with E-state index in [2.05, 4.69) is 11.4 Å². The second-order valence-corrected chi connectivity index (χ2v) is 8.56. The van der Waals surface area contributed by atoms with Crippen LogP contribution in [-0.4, -0.2) is 55.9 Å². The number of nitrogens with zero attached hydrogens (tertiary/aromatic N) is 5. The number of carbonyl (C=O) groups is 1. The summed E-state index contributed by atoms with van der Waals surface area (Å²) in [6.07, 6.45) is 1.95. The fourth-order valence-electron chi connectivity index (χ4n) is 4.77. The van der Waals surface area contributed by atoms with Crippen LogP contribution in [0.1, 0.15) is 13.8 Å².